The highest BCUT2D eigenvalue weighted by Gasteiger charge is 2.26. The zero-order valence-electron chi connectivity index (χ0n) is 17.8. The van der Waals surface area contributed by atoms with Gasteiger partial charge in [0.15, 0.2) is 6.10 Å². The minimum atomic E-state index is -0.738. The van der Waals surface area contributed by atoms with Crippen LogP contribution in [0.15, 0.2) is 34.4 Å². The lowest BCUT2D eigenvalue weighted by molar-refractivity contribution is -0.153. The maximum Gasteiger partial charge on any atom is 0.436 e. The van der Waals surface area contributed by atoms with E-state index >= 15 is 0 Å². The number of rotatable bonds is 4. The molecular weight excluding hydrogens is 374 g/mol. The third kappa shape index (κ3) is 7.56. The molecule has 8 nitrogen and oxygen atoms in total. The van der Waals surface area contributed by atoms with Crippen LogP contribution in [0.1, 0.15) is 71.6 Å². The second kappa shape index (κ2) is 8.63. The average Bonchev–Trinajstić information content (AvgIpc) is 2.99. The normalized spacial score (nSPS) is 17.4. The van der Waals surface area contributed by atoms with E-state index in [0.29, 0.717) is 17.7 Å². The van der Waals surface area contributed by atoms with Crippen LogP contribution in [0.25, 0.3) is 0 Å². The summed E-state index contributed by atoms with van der Waals surface area (Å²) in [6.07, 6.45) is -0.426. The topological polar surface area (TPSA) is 113 Å². The summed E-state index contributed by atoms with van der Waals surface area (Å²) in [6.45, 7) is 10.7. The van der Waals surface area contributed by atoms with Gasteiger partial charge in [-0.3, -0.25) is 4.79 Å². The summed E-state index contributed by atoms with van der Waals surface area (Å²) in [5, 5.41) is 4.00. The monoisotopic (exact) mass is 403 g/mol. The highest BCUT2D eigenvalue weighted by Crippen LogP contribution is 2.28. The molecule has 1 aromatic carbocycles. The van der Waals surface area contributed by atoms with Gasteiger partial charge in [0.1, 0.15) is 17.0 Å². The number of hydrogen-bond donors (Lipinski definition) is 1. The molecule has 1 aromatic rings. The van der Waals surface area contributed by atoms with Crippen LogP contribution in [0.3, 0.4) is 0 Å². The van der Waals surface area contributed by atoms with Crippen LogP contribution >= 0.6 is 0 Å². The number of nitrogens with zero attached hydrogens (tertiary/aromatic N) is 2. The second-order valence-corrected chi connectivity index (χ2v) is 8.82. The van der Waals surface area contributed by atoms with E-state index in [4.69, 9.17) is 20.0 Å². The molecule has 0 saturated heterocycles. The van der Waals surface area contributed by atoms with Crippen molar-refractivity contribution in [1.29, 1.82) is 0 Å². The van der Waals surface area contributed by atoms with Crippen LogP contribution in [0.2, 0.25) is 0 Å². The first-order valence-corrected chi connectivity index (χ1v) is 9.43. The first-order valence-electron chi connectivity index (χ1n) is 9.43. The molecule has 0 bridgehead atoms. The average molecular weight is 403 g/mol. The summed E-state index contributed by atoms with van der Waals surface area (Å²) in [5.41, 5.74) is 6.82. The molecule has 0 spiro atoms. The highest BCUT2D eigenvalue weighted by molar-refractivity contribution is 6.03. The van der Waals surface area contributed by atoms with Gasteiger partial charge in [-0.05, 0) is 47.1 Å². The van der Waals surface area contributed by atoms with Gasteiger partial charge < -0.3 is 20.0 Å². The fraction of sp³-hybridized carbons (Fsp3) is 0.524. The summed E-state index contributed by atoms with van der Waals surface area (Å²) in [6, 6.07) is 7.13. The van der Waals surface area contributed by atoms with Gasteiger partial charge in [-0.25, -0.2) is 4.79 Å². The Bertz CT molecular complexity index is 814. The molecule has 0 aromatic heterocycles. The quantitative estimate of drug-likeness (QED) is 0.464. The number of esters is 1. The van der Waals surface area contributed by atoms with Crippen molar-refractivity contribution >= 4 is 23.6 Å². The van der Waals surface area contributed by atoms with E-state index in [1.54, 1.807) is 32.9 Å². The SMILES string of the molecule is CC(C)(C)OC(=O)CC1=NOC(c2ccc(/C(N)=N/C(=O)OC(C)(C)C)cc2)C1. The standard InChI is InChI=1S/C21H29N3O5/c1-20(2,3)27-17(25)12-15-11-16(29-24-15)13-7-9-14(10-8-13)18(22)23-19(26)28-21(4,5)6/h7-10,16H,11-12H2,1-6H3,(H2,22,23,26). The first-order chi connectivity index (χ1) is 13.3. The van der Waals surface area contributed by atoms with E-state index in [9.17, 15) is 9.59 Å². The largest absolute Gasteiger partial charge is 0.460 e. The number of hydrogen-bond acceptors (Lipinski definition) is 6. The predicted octanol–water partition coefficient (Wildman–Crippen LogP) is 3.88. The zero-order chi connectivity index (χ0) is 21.8. The minimum absolute atomic E-state index is 0.0694. The number of carbonyl (C=O) groups is 2. The van der Waals surface area contributed by atoms with E-state index in [1.165, 1.54) is 0 Å². The van der Waals surface area contributed by atoms with Crippen molar-refractivity contribution in [3.8, 4) is 0 Å². The number of ether oxygens (including phenoxy) is 2. The van der Waals surface area contributed by atoms with E-state index in [1.807, 2.05) is 32.9 Å². The van der Waals surface area contributed by atoms with Gasteiger partial charge in [0.05, 0.1) is 12.1 Å². The molecule has 29 heavy (non-hydrogen) atoms. The lowest BCUT2D eigenvalue weighted by atomic mass is 10.0. The molecule has 1 aliphatic heterocycles. The lowest BCUT2D eigenvalue weighted by Crippen LogP contribution is -2.25. The molecule has 1 amide bonds. The van der Waals surface area contributed by atoms with Gasteiger partial charge in [-0.1, -0.05) is 29.4 Å². The molecule has 2 N–H and O–H groups in total. The van der Waals surface area contributed by atoms with Crippen molar-refractivity contribution in [2.45, 2.75) is 71.7 Å². The van der Waals surface area contributed by atoms with Gasteiger partial charge in [-0.2, -0.15) is 4.99 Å². The number of oxime groups is 1. The molecule has 0 saturated carbocycles. The van der Waals surface area contributed by atoms with Crippen molar-refractivity contribution in [3.63, 3.8) is 0 Å². The molecule has 0 radical (unpaired) electrons. The zero-order valence-corrected chi connectivity index (χ0v) is 17.8. The van der Waals surface area contributed by atoms with Crippen molar-refractivity contribution in [1.82, 2.24) is 0 Å². The van der Waals surface area contributed by atoms with Gasteiger partial charge in [0.25, 0.3) is 0 Å². The fourth-order valence-electron chi connectivity index (χ4n) is 2.57. The number of nitrogens with two attached hydrogens (primary N) is 1. The van der Waals surface area contributed by atoms with Crippen LogP contribution in [0, 0.1) is 0 Å². The molecule has 158 valence electrons. The molecule has 1 unspecified atom stereocenters. The number of benzene rings is 1. The summed E-state index contributed by atoms with van der Waals surface area (Å²) < 4.78 is 10.4. The van der Waals surface area contributed by atoms with Crippen molar-refractivity contribution in [2.75, 3.05) is 0 Å². The van der Waals surface area contributed by atoms with Crippen molar-refractivity contribution in [2.24, 2.45) is 15.9 Å². The molecule has 1 heterocycles. The molecular formula is C21H29N3O5. The predicted molar refractivity (Wildman–Crippen MR) is 110 cm³/mol. The number of carbonyl (C=O) groups excluding carboxylic acids is 2. The third-order valence-electron chi connectivity index (χ3n) is 3.68. The van der Waals surface area contributed by atoms with E-state index in [2.05, 4.69) is 10.1 Å². The molecule has 1 aliphatic rings. The molecule has 1 atom stereocenters. The Morgan fingerprint density at radius 3 is 2.24 bits per heavy atom. The molecule has 2 rings (SSSR count). The Hall–Kier alpha value is -2.90. The van der Waals surface area contributed by atoms with Crippen molar-refractivity contribution in [3.05, 3.63) is 35.4 Å². The molecule has 0 fully saturated rings. The minimum Gasteiger partial charge on any atom is -0.460 e. The molecule has 8 heteroatoms. The summed E-state index contributed by atoms with van der Waals surface area (Å²) in [7, 11) is 0. The second-order valence-electron chi connectivity index (χ2n) is 8.82. The van der Waals surface area contributed by atoms with Crippen LogP contribution in [-0.2, 0) is 19.1 Å². The fourth-order valence-corrected chi connectivity index (χ4v) is 2.57. The number of amides is 1. The Kier molecular flexibility index (Phi) is 6.66. The van der Waals surface area contributed by atoms with Crippen LogP contribution in [0.4, 0.5) is 4.79 Å². The maximum absolute atomic E-state index is 11.9. The smallest absolute Gasteiger partial charge is 0.436 e. The Morgan fingerprint density at radius 2 is 1.69 bits per heavy atom. The first kappa shape index (κ1) is 22.4. The van der Waals surface area contributed by atoms with Crippen LogP contribution in [0.5, 0.6) is 0 Å². The van der Waals surface area contributed by atoms with Gasteiger partial charge >= 0.3 is 12.1 Å². The maximum atomic E-state index is 11.9. The van der Waals surface area contributed by atoms with Crippen LogP contribution < -0.4 is 5.73 Å². The Morgan fingerprint density at radius 1 is 1.10 bits per heavy atom. The summed E-state index contributed by atoms with van der Waals surface area (Å²) >= 11 is 0. The summed E-state index contributed by atoms with van der Waals surface area (Å²) in [4.78, 5) is 32.9. The molecule has 0 aliphatic carbocycles. The van der Waals surface area contributed by atoms with E-state index < -0.39 is 17.3 Å². The number of amidine groups is 1. The highest BCUT2D eigenvalue weighted by atomic mass is 16.6. The van der Waals surface area contributed by atoms with Gasteiger partial charge in [0.2, 0.25) is 0 Å². The van der Waals surface area contributed by atoms with Gasteiger partial charge in [0, 0.05) is 12.0 Å². The van der Waals surface area contributed by atoms with Crippen LogP contribution in [-0.4, -0.2) is 34.8 Å². The Labute approximate surface area is 171 Å². The van der Waals surface area contributed by atoms with Gasteiger partial charge in [-0.15, -0.1) is 0 Å². The summed E-state index contributed by atoms with van der Waals surface area (Å²) in [5.74, 6) is -0.262. The third-order valence-corrected chi connectivity index (χ3v) is 3.68. The number of aliphatic imine (C=N–C) groups is 1. The lowest BCUT2D eigenvalue weighted by Gasteiger charge is -2.19. The Balaban J connectivity index is 1.94. The van der Waals surface area contributed by atoms with E-state index in [0.717, 1.165) is 5.56 Å². The van der Waals surface area contributed by atoms with Crippen molar-refractivity contribution < 1.29 is 23.9 Å². The van der Waals surface area contributed by atoms with E-state index in [-0.39, 0.29) is 24.3 Å².